The van der Waals surface area contributed by atoms with Gasteiger partial charge in [-0.25, -0.2) is 4.79 Å². The fourth-order valence-corrected chi connectivity index (χ4v) is 7.71. The number of aryl methyl sites for hydroxylation is 1. The third kappa shape index (κ3) is 6.30. The summed E-state index contributed by atoms with van der Waals surface area (Å²) in [6.45, 7) is 2.31. The Bertz CT molecular complexity index is 819. The molecule has 3 rings (SSSR count). The maximum atomic E-state index is 11.6. The number of thiophene rings is 1. The van der Waals surface area contributed by atoms with Crippen LogP contribution in [0.15, 0.2) is 35.2 Å². The van der Waals surface area contributed by atoms with Crippen molar-refractivity contribution >= 4 is 63.9 Å². The molecule has 0 N–H and O–H groups in total. The molecular formula is C22H25Cl3O2S2. The fourth-order valence-electron chi connectivity index (χ4n) is 4.12. The number of benzene rings is 1. The lowest BCUT2D eigenvalue weighted by Crippen LogP contribution is -2.19. The second kappa shape index (κ2) is 10.8. The van der Waals surface area contributed by atoms with Gasteiger partial charge in [-0.3, -0.25) is 0 Å². The van der Waals surface area contributed by atoms with E-state index < -0.39 is 0 Å². The normalized spacial score (nSPS) is 24.0. The van der Waals surface area contributed by atoms with Crippen molar-refractivity contribution in [2.45, 2.75) is 42.9 Å². The molecule has 7 heteroatoms. The number of thioether (sulfide) groups is 1. The predicted molar refractivity (Wildman–Crippen MR) is 126 cm³/mol. The average molecular weight is 492 g/mol. The number of hydrogen-bond acceptors (Lipinski definition) is 4. The van der Waals surface area contributed by atoms with Crippen LogP contribution in [0.5, 0.6) is 0 Å². The van der Waals surface area contributed by atoms with Crippen molar-refractivity contribution in [2.24, 2.45) is 17.8 Å². The van der Waals surface area contributed by atoms with Crippen LogP contribution >= 0.6 is 57.9 Å². The van der Waals surface area contributed by atoms with Crippen LogP contribution in [0.3, 0.4) is 0 Å². The van der Waals surface area contributed by atoms with E-state index in [-0.39, 0.29) is 11.3 Å². The summed E-state index contributed by atoms with van der Waals surface area (Å²) in [6.07, 6.45) is 4.22. The quantitative estimate of drug-likeness (QED) is 0.214. The first-order valence-corrected chi connectivity index (χ1v) is 12.8. The number of alkyl halides is 1. The molecule has 0 bridgehead atoms. The van der Waals surface area contributed by atoms with Crippen molar-refractivity contribution in [1.29, 1.82) is 0 Å². The Morgan fingerprint density at radius 2 is 1.93 bits per heavy atom. The maximum absolute atomic E-state index is 11.6. The lowest BCUT2D eigenvalue weighted by molar-refractivity contribution is 0.0606. The highest BCUT2D eigenvalue weighted by Gasteiger charge is 2.39. The molecular weight excluding hydrogens is 467 g/mol. The monoisotopic (exact) mass is 490 g/mol. The van der Waals surface area contributed by atoms with Gasteiger partial charge in [0.2, 0.25) is 0 Å². The fraction of sp³-hybridized carbons (Fsp3) is 0.500. The van der Waals surface area contributed by atoms with Gasteiger partial charge in [0.25, 0.3) is 0 Å². The Morgan fingerprint density at radius 1 is 1.21 bits per heavy atom. The number of esters is 1. The number of rotatable bonds is 8. The van der Waals surface area contributed by atoms with Crippen LogP contribution in [0.2, 0.25) is 10.0 Å². The first-order chi connectivity index (χ1) is 13.9. The van der Waals surface area contributed by atoms with Gasteiger partial charge in [-0.05, 0) is 73.8 Å². The highest BCUT2D eigenvalue weighted by molar-refractivity contribution is 7.99. The molecule has 0 radical (unpaired) electrons. The van der Waals surface area contributed by atoms with Gasteiger partial charge < -0.3 is 4.74 Å². The molecule has 0 saturated heterocycles. The molecule has 1 aliphatic rings. The zero-order valence-corrected chi connectivity index (χ0v) is 20.4. The van der Waals surface area contributed by atoms with E-state index in [1.807, 2.05) is 36.0 Å². The molecule has 0 aliphatic heterocycles. The molecule has 29 heavy (non-hydrogen) atoms. The van der Waals surface area contributed by atoms with E-state index >= 15 is 0 Å². The van der Waals surface area contributed by atoms with Crippen molar-refractivity contribution in [1.82, 2.24) is 0 Å². The third-order valence-corrected chi connectivity index (χ3v) is 8.81. The van der Waals surface area contributed by atoms with E-state index in [0.717, 1.165) is 36.3 Å². The van der Waals surface area contributed by atoms with Crippen molar-refractivity contribution in [3.8, 4) is 0 Å². The van der Waals surface area contributed by atoms with Crippen LogP contribution in [0.4, 0.5) is 0 Å². The average Bonchev–Trinajstić information content (AvgIpc) is 3.23. The minimum atomic E-state index is -0.259. The molecule has 0 spiro atoms. The molecule has 4 atom stereocenters. The number of ether oxygens (including phenoxy) is 1. The van der Waals surface area contributed by atoms with Gasteiger partial charge in [0.05, 0.1) is 7.11 Å². The lowest BCUT2D eigenvalue weighted by Gasteiger charge is -2.24. The number of carbonyl (C=O) groups excluding carboxylic acids is 1. The van der Waals surface area contributed by atoms with Gasteiger partial charge in [-0.1, -0.05) is 30.1 Å². The standard InChI is InChI=1S/C22H25Cl3O2S2/c1-13-8-20(25)18(5-3-4-16-6-7-21(29-16)22(26)27-2)19(13)12-28-17-10-14(23)9-15(24)11-17/h6-7,9-11,13,18-20H,3-5,8,12H2,1-2H3/t13-,18-,19+,20-/m1/s1. The minimum absolute atomic E-state index is 0.229. The molecule has 2 aromatic rings. The smallest absolute Gasteiger partial charge is 0.348 e. The zero-order chi connectivity index (χ0) is 21.0. The van der Waals surface area contributed by atoms with Gasteiger partial charge in [-0.2, -0.15) is 0 Å². The predicted octanol–water partition coefficient (Wildman–Crippen LogP) is 7.84. The van der Waals surface area contributed by atoms with Crippen LogP contribution in [0, 0.1) is 17.8 Å². The summed E-state index contributed by atoms with van der Waals surface area (Å²) in [6, 6.07) is 9.59. The molecule has 1 aromatic carbocycles. The largest absolute Gasteiger partial charge is 0.465 e. The molecule has 1 fully saturated rings. The Balaban J connectivity index is 1.55. The van der Waals surface area contributed by atoms with Gasteiger partial charge in [-0.15, -0.1) is 34.7 Å². The number of carbonyl (C=O) groups is 1. The summed E-state index contributed by atoms with van der Waals surface area (Å²) in [7, 11) is 1.42. The van der Waals surface area contributed by atoms with E-state index in [0.29, 0.717) is 32.7 Å². The maximum Gasteiger partial charge on any atom is 0.348 e. The SMILES string of the molecule is COC(=O)c1ccc(CCC[C@@H]2[C@@H](CSc3cc(Cl)cc(Cl)c3)[C@H](C)C[C@H]2Cl)s1. The van der Waals surface area contributed by atoms with Crippen LogP contribution in [0.1, 0.15) is 40.7 Å². The molecule has 158 valence electrons. The zero-order valence-electron chi connectivity index (χ0n) is 16.5. The number of halogens is 3. The second-order valence-corrected chi connectivity index (χ2v) is 11.3. The van der Waals surface area contributed by atoms with Crippen LogP contribution in [-0.4, -0.2) is 24.2 Å². The Kier molecular flexibility index (Phi) is 8.64. The molecule has 1 aromatic heterocycles. The van der Waals surface area contributed by atoms with Crippen LogP contribution < -0.4 is 0 Å². The van der Waals surface area contributed by atoms with E-state index in [2.05, 4.69) is 6.92 Å². The highest BCUT2D eigenvalue weighted by atomic mass is 35.5. The van der Waals surface area contributed by atoms with Gasteiger partial charge in [0.1, 0.15) is 4.88 Å². The Morgan fingerprint density at radius 3 is 2.62 bits per heavy atom. The van der Waals surface area contributed by atoms with Gasteiger partial charge in [0, 0.05) is 30.9 Å². The molecule has 1 aliphatic carbocycles. The Hall–Kier alpha value is -0.390. The second-order valence-electron chi connectivity index (χ2n) is 7.62. The van der Waals surface area contributed by atoms with Crippen molar-refractivity contribution < 1.29 is 9.53 Å². The van der Waals surface area contributed by atoms with Gasteiger partial charge in [0.15, 0.2) is 0 Å². The topological polar surface area (TPSA) is 26.3 Å². The lowest BCUT2D eigenvalue weighted by atomic mass is 9.88. The summed E-state index contributed by atoms with van der Waals surface area (Å²) in [5.41, 5.74) is 0. The van der Waals surface area contributed by atoms with E-state index in [1.165, 1.54) is 23.3 Å². The van der Waals surface area contributed by atoms with E-state index in [4.69, 9.17) is 39.5 Å². The summed E-state index contributed by atoms with van der Waals surface area (Å²) < 4.78 is 4.79. The molecule has 0 amide bonds. The van der Waals surface area contributed by atoms with E-state index in [1.54, 1.807) is 6.07 Å². The summed E-state index contributed by atoms with van der Waals surface area (Å²) >= 11 is 22.4. The molecule has 1 heterocycles. The summed E-state index contributed by atoms with van der Waals surface area (Å²) in [5.74, 6) is 2.46. The van der Waals surface area contributed by atoms with Gasteiger partial charge >= 0.3 is 5.97 Å². The molecule has 1 saturated carbocycles. The number of methoxy groups -OCH3 is 1. The van der Waals surface area contributed by atoms with E-state index in [9.17, 15) is 4.79 Å². The first-order valence-electron chi connectivity index (χ1n) is 9.77. The van der Waals surface area contributed by atoms with Crippen LogP contribution in [-0.2, 0) is 11.2 Å². The number of hydrogen-bond donors (Lipinski definition) is 0. The van der Waals surface area contributed by atoms with Crippen LogP contribution in [0.25, 0.3) is 0 Å². The third-order valence-electron chi connectivity index (χ3n) is 5.63. The summed E-state index contributed by atoms with van der Waals surface area (Å²) in [4.78, 5) is 14.6. The molecule has 2 nitrogen and oxygen atoms in total. The van der Waals surface area contributed by atoms with Crippen molar-refractivity contribution in [2.75, 3.05) is 12.9 Å². The molecule has 0 unspecified atom stereocenters. The highest BCUT2D eigenvalue weighted by Crippen LogP contribution is 2.45. The van der Waals surface area contributed by atoms with Crippen molar-refractivity contribution in [3.63, 3.8) is 0 Å². The first kappa shape index (κ1) is 23.3. The minimum Gasteiger partial charge on any atom is -0.465 e. The summed E-state index contributed by atoms with van der Waals surface area (Å²) in [5, 5.41) is 1.58. The Labute approximate surface area is 196 Å². The van der Waals surface area contributed by atoms with Crippen molar-refractivity contribution in [3.05, 3.63) is 50.1 Å².